The van der Waals surface area contributed by atoms with Crippen LogP contribution >= 0.6 is 0 Å². The van der Waals surface area contributed by atoms with E-state index in [0.29, 0.717) is 17.7 Å². The van der Waals surface area contributed by atoms with Crippen molar-refractivity contribution in [3.63, 3.8) is 0 Å². The van der Waals surface area contributed by atoms with Crippen molar-refractivity contribution in [2.45, 2.75) is 10.9 Å². The maximum Gasteiger partial charge on any atom is 0.240 e. The molecule has 0 saturated heterocycles. The molecule has 118 valence electrons. The molecule has 2 aromatic rings. The maximum absolute atomic E-state index is 13.1. The topological polar surface area (TPSA) is 72.2 Å². The Morgan fingerprint density at radius 2 is 1.59 bits per heavy atom. The van der Waals surface area contributed by atoms with E-state index in [9.17, 15) is 21.6 Å². The van der Waals surface area contributed by atoms with Gasteiger partial charge in [0.1, 0.15) is 0 Å². The Balaban J connectivity index is 2.15. The summed E-state index contributed by atoms with van der Waals surface area (Å²) >= 11 is 0. The Morgan fingerprint density at radius 3 is 2.14 bits per heavy atom. The minimum absolute atomic E-state index is 0.174. The second kappa shape index (κ2) is 6.47. The van der Waals surface area contributed by atoms with Gasteiger partial charge in [-0.15, -0.1) is 0 Å². The van der Waals surface area contributed by atoms with Gasteiger partial charge in [-0.25, -0.2) is 26.3 Å². The first kappa shape index (κ1) is 16.5. The van der Waals surface area contributed by atoms with E-state index in [0.717, 1.165) is 0 Å². The number of nitrogens with two attached hydrogens (primary N) is 1. The highest BCUT2D eigenvalue weighted by atomic mass is 32.2. The van der Waals surface area contributed by atoms with Crippen LogP contribution < -0.4 is 10.5 Å². The standard InChI is InChI=1S/C14H13F3N2O2S/c15-11-6-10(7-12(16)14(11)17)22(20,21)19-8-13(18)9-4-2-1-3-5-9/h1-7,13,19H,8,18H2/t13-/m1/s1. The average molecular weight is 330 g/mol. The number of benzene rings is 2. The molecule has 0 aliphatic rings. The molecule has 0 bridgehead atoms. The predicted octanol–water partition coefficient (Wildman–Crippen LogP) is 2.08. The van der Waals surface area contributed by atoms with Crippen molar-refractivity contribution < 1.29 is 21.6 Å². The number of hydrogen-bond donors (Lipinski definition) is 2. The molecule has 0 aromatic heterocycles. The van der Waals surface area contributed by atoms with Crippen molar-refractivity contribution in [1.29, 1.82) is 0 Å². The molecule has 22 heavy (non-hydrogen) atoms. The molecule has 0 fully saturated rings. The van der Waals surface area contributed by atoms with Crippen LogP contribution in [0.3, 0.4) is 0 Å². The molecule has 2 aromatic carbocycles. The van der Waals surface area contributed by atoms with Crippen molar-refractivity contribution in [3.05, 3.63) is 65.5 Å². The lowest BCUT2D eigenvalue weighted by Crippen LogP contribution is -2.32. The van der Waals surface area contributed by atoms with Gasteiger partial charge in [0.15, 0.2) is 17.5 Å². The molecule has 1 atom stereocenters. The lowest BCUT2D eigenvalue weighted by Gasteiger charge is -2.13. The van der Waals surface area contributed by atoms with E-state index in [1.54, 1.807) is 30.3 Å². The third-order valence-corrected chi connectivity index (χ3v) is 4.39. The Bertz CT molecular complexity index is 744. The summed E-state index contributed by atoms with van der Waals surface area (Å²) in [7, 11) is -4.20. The fourth-order valence-corrected chi connectivity index (χ4v) is 2.87. The van der Waals surface area contributed by atoms with Gasteiger partial charge in [0.25, 0.3) is 0 Å². The van der Waals surface area contributed by atoms with Crippen LogP contribution in [0.25, 0.3) is 0 Å². The van der Waals surface area contributed by atoms with Crippen LogP contribution in [-0.4, -0.2) is 15.0 Å². The average Bonchev–Trinajstić information content (AvgIpc) is 2.50. The normalized spacial score (nSPS) is 13.1. The molecule has 8 heteroatoms. The summed E-state index contributed by atoms with van der Waals surface area (Å²) in [4.78, 5) is -0.704. The number of nitrogens with one attached hydrogen (secondary N) is 1. The minimum atomic E-state index is -4.20. The summed E-state index contributed by atoms with van der Waals surface area (Å²) < 4.78 is 65.1. The van der Waals surface area contributed by atoms with Crippen LogP contribution in [-0.2, 0) is 10.0 Å². The van der Waals surface area contributed by atoms with Gasteiger partial charge in [-0.05, 0) is 17.7 Å². The smallest absolute Gasteiger partial charge is 0.240 e. The largest absolute Gasteiger partial charge is 0.323 e. The van der Waals surface area contributed by atoms with E-state index in [4.69, 9.17) is 5.73 Å². The van der Waals surface area contributed by atoms with E-state index < -0.39 is 38.4 Å². The highest BCUT2D eigenvalue weighted by molar-refractivity contribution is 7.89. The molecule has 0 heterocycles. The summed E-state index contributed by atoms with van der Waals surface area (Å²) in [6.07, 6.45) is 0. The molecule has 0 amide bonds. The van der Waals surface area contributed by atoms with Crippen molar-refractivity contribution in [3.8, 4) is 0 Å². The highest BCUT2D eigenvalue weighted by Gasteiger charge is 2.20. The summed E-state index contributed by atoms with van der Waals surface area (Å²) in [5.41, 5.74) is 6.53. The fourth-order valence-electron chi connectivity index (χ4n) is 1.79. The first-order valence-electron chi connectivity index (χ1n) is 6.26. The Kier molecular flexibility index (Phi) is 4.84. The zero-order valence-electron chi connectivity index (χ0n) is 11.3. The molecule has 0 saturated carbocycles. The summed E-state index contributed by atoms with van der Waals surface area (Å²) in [5, 5.41) is 0. The summed E-state index contributed by atoms with van der Waals surface area (Å²) in [6, 6.07) is 8.90. The monoisotopic (exact) mass is 330 g/mol. The minimum Gasteiger partial charge on any atom is -0.323 e. The zero-order valence-corrected chi connectivity index (χ0v) is 12.1. The SMILES string of the molecule is N[C@H](CNS(=O)(=O)c1cc(F)c(F)c(F)c1)c1ccccc1. The molecule has 0 spiro atoms. The van der Waals surface area contributed by atoms with E-state index in [-0.39, 0.29) is 6.54 Å². The Labute approximate surface area is 125 Å². The van der Waals surface area contributed by atoms with Gasteiger partial charge >= 0.3 is 0 Å². The molecule has 0 radical (unpaired) electrons. The lowest BCUT2D eigenvalue weighted by atomic mass is 10.1. The van der Waals surface area contributed by atoms with E-state index >= 15 is 0 Å². The number of halogens is 3. The van der Waals surface area contributed by atoms with Crippen LogP contribution in [0.5, 0.6) is 0 Å². The third-order valence-electron chi connectivity index (χ3n) is 2.99. The van der Waals surface area contributed by atoms with Gasteiger partial charge in [-0.2, -0.15) is 0 Å². The van der Waals surface area contributed by atoms with Crippen LogP contribution in [0.4, 0.5) is 13.2 Å². The molecule has 3 N–H and O–H groups in total. The van der Waals surface area contributed by atoms with Crippen LogP contribution in [0.1, 0.15) is 11.6 Å². The first-order valence-corrected chi connectivity index (χ1v) is 7.74. The van der Waals surface area contributed by atoms with Crippen LogP contribution in [0, 0.1) is 17.5 Å². The van der Waals surface area contributed by atoms with Gasteiger partial charge in [-0.1, -0.05) is 30.3 Å². The Morgan fingerprint density at radius 1 is 1.05 bits per heavy atom. The van der Waals surface area contributed by atoms with Crippen LogP contribution in [0.2, 0.25) is 0 Å². The highest BCUT2D eigenvalue weighted by Crippen LogP contribution is 2.18. The van der Waals surface area contributed by atoms with Gasteiger partial charge < -0.3 is 5.73 Å². The number of rotatable bonds is 5. The van der Waals surface area contributed by atoms with Gasteiger partial charge in [0.2, 0.25) is 10.0 Å². The van der Waals surface area contributed by atoms with Gasteiger partial charge in [0.05, 0.1) is 4.90 Å². The number of sulfonamides is 1. The van der Waals surface area contributed by atoms with Crippen molar-refractivity contribution in [1.82, 2.24) is 4.72 Å². The van der Waals surface area contributed by atoms with E-state index in [2.05, 4.69) is 4.72 Å². The third kappa shape index (κ3) is 3.65. The van der Waals surface area contributed by atoms with Gasteiger partial charge in [-0.3, -0.25) is 0 Å². The molecular formula is C14H13F3N2O2S. The first-order chi connectivity index (χ1) is 10.3. The molecule has 0 aliphatic carbocycles. The van der Waals surface area contributed by atoms with Crippen molar-refractivity contribution in [2.75, 3.05) is 6.54 Å². The molecule has 2 rings (SSSR count). The molecular weight excluding hydrogens is 317 g/mol. The lowest BCUT2D eigenvalue weighted by molar-refractivity contribution is 0.442. The maximum atomic E-state index is 13.1. The predicted molar refractivity (Wildman–Crippen MR) is 74.9 cm³/mol. The quantitative estimate of drug-likeness (QED) is 0.825. The van der Waals surface area contributed by atoms with Crippen molar-refractivity contribution in [2.24, 2.45) is 5.73 Å². The molecule has 0 unspecified atom stereocenters. The van der Waals surface area contributed by atoms with Crippen LogP contribution in [0.15, 0.2) is 47.4 Å². The fraction of sp³-hybridized carbons (Fsp3) is 0.143. The summed E-state index contributed by atoms with van der Waals surface area (Å²) in [6.45, 7) is -0.174. The zero-order chi connectivity index (χ0) is 16.3. The molecule has 4 nitrogen and oxygen atoms in total. The van der Waals surface area contributed by atoms with Gasteiger partial charge in [0, 0.05) is 12.6 Å². The number of hydrogen-bond acceptors (Lipinski definition) is 3. The van der Waals surface area contributed by atoms with E-state index in [1.807, 2.05) is 0 Å². The second-order valence-corrected chi connectivity index (χ2v) is 6.34. The Hall–Kier alpha value is -1.90. The second-order valence-electron chi connectivity index (χ2n) is 4.57. The summed E-state index contributed by atoms with van der Waals surface area (Å²) in [5.74, 6) is -4.87. The van der Waals surface area contributed by atoms with E-state index in [1.165, 1.54) is 0 Å². The van der Waals surface area contributed by atoms with Crippen molar-refractivity contribution >= 4 is 10.0 Å². The molecule has 0 aliphatic heterocycles.